The van der Waals surface area contributed by atoms with Crippen LogP contribution in [0.1, 0.15) is 17.3 Å². The zero-order valence-corrected chi connectivity index (χ0v) is 16.6. The first-order valence-corrected chi connectivity index (χ1v) is 9.40. The number of carbonyl (C=O) groups excluding carboxylic acids is 3. The Hall–Kier alpha value is -3.89. The molecule has 2 heterocycles. The molecule has 1 aliphatic rings. The highest BCUT2D eigenvalue weighted by molar-refractivity contribution is 5.98. The van der Waals surface area contributed by atoms with Crippen LogP contribution in [0.25, 0.3) is 0 Å². The second-order valence-electron chi connectivity index (χ2n) is 6.80. The molecule has 0 radical (unpaired) electrons. The fourth-order valence-corrected chi connectivity index (χ4v) is 3.09. The second kappa shape index (κ2) is 9.07. The van der Waals surface area contributed by atoms with Gasteiger partial charge in [0.2, 0.25) is 17.8 Å². The van der Waals surface area contributed by atoms with E-state index in [-0.39, 0.29) is 29.8 Å². The van der Waals surface area contributed by atoms with E-state index >= 15 is 0 Å². The lowest BCUT2D eigenvalue weighted by molar-refractivity contribution is -0.129. The number of aromatic nitrogens is 2. The number of hydrogen-bond donors (Lipinski definition) is 4. The van der Waals surface area contributed by atoms with E-state index in [1.54, 1.807) is 6.92 Å². The summed E-state index contributed by atoms with van der Waals surface area (Å²) in [5.74, 6) is -0.865. The molecule has 0 unspecified atom stereocenters. The molecule has 1 fully saturated rings. The van der Waals surface area contributed by atoms with E-state index in [9.17, 15) is 14.4 Å². The van der Waals surface area contributed by atoms with Gasteiger partial charge in [-0.15, -0.1) is 0 Å². The molecule has 30 heavy (non-hydrogen) atoms. The summed E-state index contributed by atoms with van der Waals surface area (Å²) in [5, 5.41) is 5.73. The SMILES string of the molecule is CC(=O)N1CCN(c2ccc(Nc3ncc(C(N)=O)c(NCC(N)=O)n3)cc2)CC1. The third-order valence-corrected chi connectivity index (χ3v) is 4.70. The molecule has 0 spiro atoms. The van der Waals surface area contributed by atoms with E-state index in [0.29, 0.717) is 13.1 Å². The number of primary amides is 2. The van der Waals surface area contributed by atoms with Gasteiger partial charge in [0.25, 0.3) is 5.91 Å². The zero-order chi connectivity index (χ0) is 21.7. The molecular weight excluding hydrogens is 388 g/mol. The van der Waals surface area contributed by atoms with Crippen molar-refractivity contribution in [1.82, 2.24) is 14.9 Å². The lowest BCUT2D eigenvalue weighted by Crippen LogP contribution is -2.48. The number of amides is 3. The molecule has 0 bridgehead atoms. The minimum absolute atomic E-state index is 0.0573. The van der Waals surface area contributed by atoms with Gasteiger partial charge in [0.1, 0.15) is 5.82 Å². The molecule has 3 rings (SSSR count). The van der Waals surface area contributed by atoms with E-state index in [1.807, 2.05) is 29.2 Å². The van der Waals surface area contributed by atoms with Gasteiger partial charge in [-0.1, -0.05) is 0 Å². The average molecular weight is 412 g/mol. The molecule has 6 N–H and O–H groups in total. The third kappa shape index (κ3) is 5.13. The highest BCUT2D eigenvalue weighted by atomic mass is 16.2. The zero-order valence-electron chi connectivity index (χ0n) is 16.6. The van der Waals surface area contributed by atoms with Crippen molar-refractivity contribution in [3.8, 4) is 0 Å². The maximum absolute atomic E-state index is 11.5. The summed E-state index contributed by atoms with van der Waals surface area (Å²) >= 11 is 0. The van der Waals surface area contributed by atoms with Crippen LogP contribution in [0.5, 0.6) is 0 Å². The number of nitrogens with zero attached hydrogens (tertiary/aromatic N) is 4. The van der Waals surface area contributed by atoms with Crippen molar-refractivity contribution >= 4 is 40.9 Å². The minimum atomic E-state index is -0.720. The van der Waals surface area contributed by atoms with Gasteiger partial charge < -0.3 is 31.9 Å². The molecule has 0 aliphatic carbocycles. The van der Waals surface area contributed by atoms with Crippen LogP contribution in [-0.2, 0) is 9.59 Å². The maximum Gasteiger partial charge on any atom is 0.254 e. The van der Waals surface area contributed by atoms with Crippen LogP contribution in [0.2, 0.25) is 0 Å². The van der Waals surface area contributed by atoms with Crippen LogP contribution >= 0.6 is 0 Å². The second-order valence-corrected chi connectivity index (χ2v) is 6.80. The van der Waals surface area contributed by atoms with E-state index in [0.717, 1.165) is 24.5 Å². The maximum atomic E-state index is 11.5. The van der Waals surface area contributed by atoms with Gasteiger partial charge >= 0.3 is 0 Å². The fourth-order valence-electron chi connectivity index (χ4n) is 3.09. The largest absolute Gasteiger partial charge is 0.368 e. The fraction of sp³-hybridized carbons (Fsp3) is 0.316. The molecule has 1 aromatic heterocycles. The van der Waals surface area contributed by atoms with Crippen LogP contribution in [-0.4, -0.2) is 65.3 Å². The number of rotatable bonds is 7. The van der Waals surface area contributed by atoms with Gasteiger partial charge in [-0.05, 0) is 24.3 Å². The lowest BCUT2D eigenvalue weighted by Gasteiger charge is -2.35. The number of nitrogens with one attached hydrogen (secondary N) is 2. The Bertz CT molecular complexity index is 939. The number of nitrogens with two attached hydrogens (primary N) is 2. The van der Waals surface area contributed by atoms with E-state index < -0.39 is 11.8 Å². The summed E-state index contributed by atoms with van der Waals surface area (Å²) in [6.45, 7) is 4.36. The Balaban J connectivity index is 1.68. The topological polar surface area (TPSA) is 160 Å². The quantitative estimate of drug-likeness (QED) is 0.490. The molecular formula is C19H24N8O3. The van der Waals surface area contributed by atoms with Gasteiger partial charge in [-0.25, -0.2) is 4.98 Å². The molecule has 2 aromatic rings. The normalized spacial score (nSPS) is 13.6. The predicted molar refractivity (Wildman–Crippen MR) is 112 cm³/mol. The first-order chi connectivity index (χ1) is 14.3. The van der Waals surface area contributed by atoms with Crippen LogP contribution in [0.3, 0.4) is 0 Å². The van der Waals surface area contributed by atoms with E-state index in [1.165, 1.54) is 6.20 Å². The van der Waals surface area contributed by atoms with E-state index in [2.05, 4.69) is 25.5 Å². The lowest BCUT2D eigenvalue weighted by atomic mass is 10.2. The monoisotopic (exact) mass is 412 g/mol. The molecule has 1 aromatic carbocycles. The standard InChI is InChI=1S/C19H24N8O3/c1-12(28)26-6-8-27(9-7-26)14-4-2-13(3-5-14)24-19-23-10-15(17(21)30)18(25-19)22-11-16(20)29/h2-5,10H,6-9,11H2,1H3,(H2,20,29)(H2,21,30)(H2,22,23,24,25). The van der Waals surface area contributed by atoms with Crippen molar-refractivity contribution in [3.05, 3.63) is 36.0 Å². The summed E-state index contributed by atoms with van der Waals surface area (Å²) in [5.41, 5.74) is 12.3. The summed E-state index contributed by atoms with van der Waals surface area (Å²) < 4.78 is 0. The van der Waals surface area contributed by atoms with Gasteiger partial charge in [0, 0.05) is 50.7 Å². The molecule has 0 atom stereocenters. The van der Waals surface area contributed by atoms with Gasteiger partial charge in [-0.2, -0.15) is 4.98 Å². The smallest absolute Gasteiger partial charge is 0.254 e. The number of piperazine rings is 1. The third-order valence-electron chi connectivity index (χ3n) is 4.70. The number of carbonyl (C=O) groups is 3. The van der Waals surface area contributed by atoms with Crippen LogP contribution in [0, 0.1) is 0 Å². The Labute approximate surface area is 173 Å². The molecule has 3 amide bonds. The summed E-state index contributed by atoms with van der Waals surface area (Å²) in [6, 6.07) is 7.70. The average Bonchev–Trinajstić information content (AvgIpc) is 2.73. The van der Waals surface area contributed by atoms with Crippen molar-refractivity contribution in [2.24, 2.45) is 11.5 Å². The molecule has 158 valence electrons. The molecule has 1 saturated heterocycles. The highest BCUT2D eigenvalue weighted by Gasteiger charge is 2.19. The summed E-state index contributed by atoms with van der Waals surface area (Å²) in [6.07, 6.45) is 1.28. The number of anilines is 4. The van der Waals surface area contributed by atoms with Crippen molar-refractivity contribution in [3.63, 3.8) is 0 Å². The Kier molecular flexibility index (Phi) is 6.30. The summed E-state index contributed by atoms with van der Waals surface area (Å²) in [4.78, 5) is 46.3. The highest BCUT2D eigenvalue weighted by Crippen LogP contribution is 2.22. The van der Waals surface area contributed by atoms with Crippen molar-refractivity contribution in [1.29, 1.82) is 0 Å². The molecule has 0 saturated carbocycles. The molecule has 11 nitrogen and oxygen atoms in total. The number of hydrogen-bond acceptors (Lipinski definition) is 8. The van der Waals surface area contributed by atoms with Crippen LogP contribution in [0.4, 0.5) is 23.1 Å². The van der Waals surface area contributed by atoms with Gasteiger partial charge in [0.05, 0.1) is 12.1 Å². The molecule has 11 heteroatoms. The van der Waals surface area contributed by atoms with Crippen molar-refractivity contribution in [2.75, 3.05) is 48.3 Å². The summed E-state index contributed by atoms with van der Waals surface area (Å²) in [7, 11) is 0. The number of benzene rings is 1. The predicted octanol–water partition coefficient (Wildman–Crippen LogP) is -0.115. The van der Waals surface area contributed by atoms with Crippen molar-refractivity contribution < 1.29 is 14.4 Å². The van der Waals surface area contributed by atoms with Gasteiger partial charge in [0.15, 0.2) is 0 Å². The minimum Gasteiger partial charge on any atom is -0.368 e. The van der Waals surface area contributed by atoms with Gasteiger partial charge in [-0.3, -0.25) is 14.4 Å². The Morgan fingerprint density at radius 3 is 2.30 bits per heavy atom. The first-order valence-electron chi connectivity index (χ1n) is 9.40. The van der Waals surface area contributed by atoms with Crippen LogP contribution in [0.15, 0.2) is 30.5 Å². The first kappa shape index (κ1) is 20.8. The molecule has 1 aliphatic heterocycles. The Morgan fingerprint density at radius 2 is 1.73 bits per heavy atom. The van der Waals surface area contributed by atoms with Crippen molar-refractivity contribution in [2.45, 2.75) is 6.92 Å². The van der Waals surface area contributed by atoms with E-state index in [4.69, 9.17) is 11.5 Å². The van der Waals surface area contributed by atoms with Crippen LogP contribution < -0.4 is 27.0 Å². The Morgan fingerprint density at radius 1 is 1.07 bits per heavy atom.